The number of aromatic nitrogens is 2. The van der Waals surface area contributed by atoms with Gasteiger partial charge in [0.2, 0.25) is 0 Å². The fourth-order valence-corrected chi connectivity index (χ4v) is 2.50. The molecule has 0 amide bonds. The lowest BCUT2D eigenvalue weighted by Gasteiger charge is -2.23. The average Bonchev–Trinajstić information content (AvgIpc) is 2.75. The predicted octanol–water partition coefficient (Wildman–Crippen LogP) is 2.90. The summed E-state index contributed by atoms with van der Waals surface area (Å²) in [6, 6.07) is 0. The summed E-state index contributed by atoms with van der Waals surface area (Å²) in [4.78, 5) is 4.50. The minimum atomic E-state index is 0.312. The molecule has 1 aliphatic carbocycles. The Balaban J connectivity index is 2.29. The van der Waals surface area contributed by atoms with Gasteiger partial charge in [0.1, 0.15) is 5.82 Å². The summed E-state index contributed by atoms with van der Waals surface area (Å²) in [6.45, 7) is 6.99. The van der Waals surface area contributed by atoms with Crippen molar-refractivity contribution in [3.8, 4) is 0 Å². The summed E-state index contributed by atoms with van der Waals surface area (Å²) in [6.07, 6.45) is 11.1. The molecule has 0 saturated heterocycles. The number of allylic oxidation sites excluding steroid dienone is 1. The molecule has 0 N–H and O–H groups in total. The van der Waals surface area contributed by atoms with Crippen LogP contribution >= 0.6 is 0 Å². The van der Waals surface area contributed by atoms with E-state index >= 15 is 0 Å². The van der Waals surface area contributed by atoms with Crippen molar-refractivity contribution >= 4 is 0 Å². The van der Waals surface area contributed by atoms with E-state index in [2.05, 4.69) is 29.3 Å². The second-order valence-electron chi connectivity index (χ2n) is 4.46. The van der Waals surface area contributed by atoms with Crippen LogP contribution in [-0.2, 0) is 12.0 Å². The van der Waals surface area contributed by atoms with Gasteiger partial charge in [0.15, 0.2) is 0 Å². The van der Waals surface area contributed by atoms with Gasteiger partial charge in [-0.2, -0.15) is 0 Å². The van der Waals surface area contributed by atoms with Crippen LogP contribution in [0.1, 0.15) is 38.4 Å². The molecule has 76 valence electrons. The highest BCUT2D eigenvalue weighted by molar-refractivity contribution is 5.11. The number of rotatable bonds is 3. The van der Waals surface area contributed by atoms with E-state index in [0.29, 0.717) is 5.41 Å². The molecule has 2 heteroatoms. The molecule has 14 heavy (non-hydrogen) atoms. The minimum Gasteiger partial charge on any atom is -0.331 e. The molecule has 0 aromatic carbocycles. The van der Waals surface area contributed by atoms with Gasteiger partial charge < -0.3 is 4.57 Å². The van der Waals surface area contributed by atoms with E-state index in [4.69, 9.17) is 0 Å². The summed E-state index contributed by atoms with van der Waals surface area (Å²) < 4.78 is 2.22. The molecule has 0 spiro atoms. The summed E-state index contributed by atoms with van der Waals surface area (Å²) in [5.74, 6) is 1.25. The van der Waals surface area contributed by atoms with E-state index in [0.717, 1.165) is 6.54 Å². The van der Waals surface area contributed by atoms with Gasteiger partial charge in [-0.15, -0.1) is 6.58 Å². The first kappa shape index (κ1) is 9.50. The van der Waals surface area contributed by atoms with Crippen LogP contribution in [0.2, 0.25) is 0 Å². The largest absolute Gasteiger partial charge is 0.331 e. The van der Waals surface area contributed by atoms with Crippen LogP contribution in [0.5, 0.6) is 0 Å². The van der Waals surface area contributed by atoms with Crippen LogP contribution in [0.15, 0.2) is 25.0 Å². The Kier molecular flexibility index (Phi) is 2.44. The van der Waals surface area contributed by atoms with Crippen molar-refractivity contribution in [2.75, 3.05) is 0 Å². The van der Waals surface area contributed by atoms with Crippen molar-refractivity contribution in [1.82, 2.24) is 9.55 Å². The fourth-order valence-electron chi connectivity index (χ4n) is 2.50. The van der Waals surface area contributed by atoms with Gasteiger partial charge in [0, 0.05) is 24.4 Å². The molecule has 1 aromatic rings. The third kappa shape index (κ3) is 1.49. The molecule has 0 aliphatic heterocycles. The molecule has 0 radical (unpaired) electrons. The number of hydrogen-bond donors (Lipinski definition) is 0. The average molecular weight is 190 g/mol. The van der Waals surface area contributed by atoms with Gasteiger partial charge in [-0.1, -0.05) is 25.8 Å². The highest BCUT2D eigenvalue weighted by Gasteiger charge is 2.33. The summed E-state index contributed by atoms with van der Waals surface area (Å²) in [5.41, 5.74) is 0.312. The lowest BCUT2D eigenvalue weighted by Crippen LogP contribution is -2.22. The third-order valence-corrected chi connectivity index (χ3v) is 3.29. The van der Waals surface area contributed by atoms with Crippen molar-refractivity contribution in [2.45, 2.75) is 44.6 Å². The normalized spacial score (nSPS) is 19.8. The van der Waals surface area contributed by atoms with Gasteiger partial charge in [-0.05, 0) is 12.8 Å². The Hall–Kier alpha value is -1.05. The summed E-state index contributed by atoms with van der Waals surface area (Å²) in [7, 11) is 0. The Bertz CT molecular complexity index is 319. The van der Waals surface area contributed by atoms with Crippen LogP contribution in [0.4, 0.5) is 0 Å². The van der Waals surface area contributed by atoms with Crippen molar-refractivity contribution in [2.24, 2.45) is 0 Å². The molecule has 1 aliphatic rings. The fraction of sp³-hybridized carbons (Fsp3) is 0.583. The second kappa shape index (κ2) is 3.60. The van der Waals surface area contributed by atoms with Crippen molar-refractivity contribution in [3.05, 3.63) is 30.9 Å². The molecular formula is C12H18N2. The minimum absolute atomic E-state index is 0.312. The molecule has 1 saturated carbocycles. The van der Waals surface area contributed by atoms with E-state index in [1.54, 1.807) is 0 Å². The van der Waals surface area contributed by atoms with Gasteiger partial charge in [-0.3, -0.25) is 0 Å². The first-order valence-electron chi connectivity index (χ1n) is 5.39. The molecule has 2 rings (SSSR count). The van der Waals surface area contributed by atoms with Gasteiger partial charge in [0.05, 0.1) is 0 Å². The smallest absolute Gasteiger partial charge is 0.114 e. The van der Waals surface area contributed by atoms with Gasteiger partial charge >= 0.3 is 0 Å². The Labute approximate surface area is 85.7 Å². The Morgan fingerprint density at radius 3 is 2.93 bits per heavy atom. The molecular weight excluding hydrogens is 172 g/mol. The van der Waals surface area contributed by atoms with Crippen molar-refractivity contribution in [1.29, 1.82) is 0 Å². The lowest BCUT2D eigenvalue weighted by molar-refractivity contribution is 0.438. The van der Waals surface area contributed by atoms with Crippen LogP contribution in [0.3, 0.4) is 0 Å². The van der Waals surface area contributed by atoms with E-state index in [-0.39, 0.29) is 0 Å². The van der Waals surface area contributed by atoms with Crippen molar-refractivity contribution in [3.63, 3.8) is 0 Å². The SMILES string of the molecule is C=CCn1ccnc1C1(C)CCCC1. The maximum atomic E-state index is 4.50. The van der Waals surface area contributed by atoms with E-state index in [1.807, 2.05) is 12.3 Å². The number of nitrogens with zero attached hydrogens (tertiary/aromatic N) is 2. The Morgan fingerprint density at radius 1 is 1.57 bits per heavy atom. The number of hydrogen-bond acceptors (Lipinski definition) is 1. The third-order valence-electron chi connectivity index (χ3n) is 3.29. The number of imidazole rings is 1. The monoisotopic (exact) mass is 190 g/mol. The molecule has 1 heterocycles. The maximum Gasteiger partial charge on any atom is 0.114 e. The van der Waals surface area contributed by atoms with Gasteiger partial charge in [0.25, 0.3) is 0 Å². The highest BCUT2D eigenvalue weighted by Crippen LogP contribution is 2.39. The van der Waals surface area contributed by atoms with Crippen LogP contribution in [0, 0.1) is 0 Å². The lowest BCUT2D eigenvalue weighted by atomic mass is 9.88. The zero-order valence-corrected chi connectivity index (χ0v) is 8.87. The summed E-state index contributed by atoms with van der Waals surface area (Å²) >= 11 is 0. The first-order valence-corrected chi connectivity index (χ1v) is 5.39. The highest BCUT2D eigenvalue weighted by atomic mass is 15.1. The quantitative estimate of drug-likeness (QED) is 0.670. The zero-order chi connectivity index (χ0) is 10.0. The molecule has 1 aromatic heterocycles. The molecule has 0 bridgehead atoms. The second-order valence-corrected chi connectivity index (χ2v) is 4.46. The van der Waals surface area contributed by atoms with E-state index < -0.39 is 0 Å². The maximum absolute atomic E-state index is 4.50. The topological polar surface area (TPSA) is 17.8 Å². The molecule has 0 unspecified atom stereocenters. The molecule has 2 nitrogen and oxygen atoms in total. The summed E-state index contributed by atoms with van der Waals surface area (Å²) in [5, 5.41) is 0. The van der Waals surface area contributed by atoms with Gasteiger partial charge in [-0.25, -0.2) is 4.98 Å². The van der Waals surface area contributed by atoms with Crippen LogP contribution < -0.4 is 0 Å². The standard InChI is InChI=1S/C12H18N2/c1-3-9-14-10-8-13-11(14)12(2)6-4-5-7-12/h3,8,10H,1,4-7,9H2,2H3. The van der Waals surface area contributed by atoms with E-state index in [1.165, 1.54) is 31.5 Å². The van der Waals surface area contributed by atoms with Crippen LogP contribution in [0.25, 0.3) is 0 Å². The predicted molar refractivity (Wildman–Crippen MR) is 58.2 cm³/mol. The Morgan fingerprint density at radius 2 is 2.29 bits per heavy atom. The first-order chi connectivity index (χ1) is 6.76. The van der Waals surface area contributed by atoms with Crippen molar-refractivity contribution < 1.29 is 0 Å². The molecule has 1 fully saturated rings. The molecule has 0 atom stereocenters. The van der Waals surface area contributed by atoms with Crippen LogP contribution in [-0.4, -0.2) is 9.55 Å². The zero-order valence-electron chi connectivity index (χ0n) is 8.87. The van der Waals surface area contributed by atoms with E-state index in [9.17, 15) is 0 Å².